The molecule has 0 spiro atoms. The molecule has 506 valence electrons. The summed E-state index contributed by atoms with van der Waals surface area (Å²) in [5.74, 6) is -0.289. The van der Waals surface area contributed by atoms with Gasteiger partial charge in [-0.3, -0.25) is 4.79 Å². The fraction of sp³-hybridized carbons (Fsp3) is 0.754. The zero-order chi connectivity index (χ0) is 64.0. The summed E-state index contributed by atoms with van der Waals surface area (Å²) in [6, 6.07) is -0.918. The molecule has 1 amide bonds. The molecule has 0 aromatic carbocycles. The van der Waals surface area contributed by atoms with Gasteiger partial charge in [-0.2, -0.15) is 0 Å². The molecule has 3 saturated heterocycles. The summed E-state index contributed by atoms with van der Waals surface area (Å²) < 4.78 is 34.3. The van der Waals surface area contributed by atoms with E-state index in [1.165, 1.54) is 77.0 Å². The third kappa shape index (κ3) is 32.3. The normalized spacial score (nSPS) is 29.0. The number of carbonyl (C=O) groups excluding carboxylic acids is 1. The highest BCUT2D eigenvalue weighted by molar-refractivity contribution is 5.76. The Morgan fingerprint density at radius 3 is 1.20 bits per heavy atom. The first-order valence-corrected chi connectivity index (χ1v) is 33.5. The summed E-state index contributed by atoms with van der Waals surface area (Å²) in [5, 5.41) is 121. The van der Waals surface area contributed by atoms with E-state index < -0.39 is 124 Å². The van der Waals surface area contributed by atoms with Crippen LogP contribution in [0.3, 0.4) is 0 Å². The van der Waals surface area contributed by atoms with Crippen LogP contribution in [0.5, 0.6) is 0 Å². The monoisotopic (exact) mass is 1250 g/mol. The van der Waals surface area contributed by atoms with Crippen LogP contribution in [0, 0.1) is 0 Å². The second-order valence-corrected chi connectivity index (χ2v) is 23.6. The zero-order valence-corrected chi connectivity index (χ0v) is 53.2. The predicted octanol–water partition coefficient (Wildman–Crippen LogP) is 8.10. The molecule has 12 N–H and O–H groups in total. The van der Waals surface area contributed by atoms with Crippen molar-refractivity contribution in [3.05, 3.63) is 97.2 Å². The van der Waals surface area contributed by atoms with Crippen molar-refractivity contribution in [1.29, 1.82) is 0 Å². The Kier molecular flexibility index (Phi) is 45.1. The molecule has 3 aliphatic rings. The zero-order valence-electron chi connectivity index (χ0n) is 53.2. The van der Waals surface area contributed by atoms with E-state index >= 15 is 0 Å². The molecule has 0 bridgehead atoms. The lowest BCUT2D eigenvalue weighted by Crippen LogP contribution is -2.66. The number of nitrogens with one attached hydrogen (secondary N) is 1. The van der Waals surface area contributed by atoms with Crippen LogP contribution in [0.2, 0.25) is 0 Å². The van der Waals surface area contributed by atoms with Crippen LogP contribution in [-0.2, 0) is 33.2 Å². The van der Waals surface area contributed by atoms with Crippen LogP contribution in [0.25, 0.3) is 0 Å². The van der Waals surface area contributed by atoms with Gasteiger partial charge in [-0.1, -0.05) is 214 Å². The highest BCUT2D eigenvalue weighted by Crippen LogP contribution is 2.33. The van der Waals surface area contributed by atoms with Gasteiger partial charge in [0.15, 0.2) is 18.9 Å². The smallest absolute Gasteiger partial charge is 0.220 e. The van der Waals surface area contributed by atoms with Crippen molar-refractivity contribution in [3.63, 3.8) is 0 Å². The van der Waals surface area contributed by atoms with Crippen LogP contribution in [-0.4, -0.2) is 193 Å². The largest absolute Gasteiger partial charge is 0.394 e. The molecule has 3 rings (SSSR count). The molecule has 19 heteroatoms. The first-order chi connectivity index (χ1) is 42.8. The van der Waals surface area contributed by atoms with Crippen LogP contribution < -0.4 is 5.32 Å². The van der Waals surface area contributed by atoms with Gasteiger partial charge < -0.3 is 89.9 Å². The third-order valence-electron chi connectivity index (χ3n) is 16.2. The second-order valence-electron chi connectivity index (χ2n) is 23.6. The number of unbranched alkanes of at least 4 members (excludes halogenated alkanes) is 17. The molecule has 0 saturated carbocycles. The minimum absolute atomic E-state index is 0.205. The molecule has 17 unspecified atom stereocenters. The number of rotatable bonds is 49. The fourth-order valence-electron chi connectivity index (χ4n) is 10.7. The van der Waals surface area contributed by atoms with Gasteiger partial charge in [-0.15, -0.1) is 0 Å². The summed E-state index contributed by atoms with van der Waals surface area (Å²) in [6.45, 7) is 1.64. The maximum absolute atomic E-state index is 13.4. The Hall–Kier alpha value is -3.29. The summed E-state index contributed by atoms with van der Waals surface area (Å²) in [4.78, 5) is 13.4. The van der Waals surface area contributed by atoms with Gasteiger partial charge in [-0.05, 0) is 77.0 Å². The lowest BCUT2D eigenvalue weighted by atomic mass is 9.96. The van der Waals surface area contributed by atoms with Gasteiger partial charge in [0.2, 0.25) is 5.91 Å². The molecule has 3 fully saturated rings. The van der Waals surface area contributed by atoms with Crippen LogP contribution in [0.1, 0.15) is 200 Å². The maximum atomic E-state index is 13.4. The molecule has 0 aromatic heterocycles. The van der Waals surface area contributed by atoms with Crippen molar-refractivity contribution < 1.29 is 89.4 Å². The van der Waals surface area contributed by atoms with Crippen LogP contribution >= 0.6 is 0 Å². The van der Waals surface area contributed by atoms with E-state index in [1.54, 1.807) is 0 Å². The average Bonchev–Trinajstić information content (AvgIpc) is 3.39. The minimum atomic E-state index is -1.98. The van der Waals surface area contributed by atoms with Crippen molar-refractivity contribution in [3.8, 4) is 0 Å². The topological polar surface area (TPSA) is 307 Å². The molecular weight excluding hydrogens is 1130 g/mol. The van der Waals surface area contributed by atoms with Gasteiger partial charge in [0.05, 0.1) is 38.6 Å². The number of allylic oxidation sites excluding steroid dienone is 16. The van der Waals surface area contributed by atoms with Crippen molar-refractivity contribution in [2.24, 2.45) is 0 Å². The van der Waals surface area contributed by atoms with E-state index in [4.69, 9.17) is 28.4 Å². The van der Waals surface area contributed by atoms with Gasteiger partial charge in [0, 0.05) is 6.42 Å². The molecule has 0 radical (unpaired) electrons. The van der Waals surface area contributed by atoms with Gasteiger partial charge in [0.1, 0.15) is 73.2 Å². The Bertz CT molecular complexity index is 1970. The molecule has 0 aromatic rings. The number of aliphatic hydroxyl groups is 11. The van der Waals surface area contributed by atoms with Crippen LogP contribution in [0.4, 0.5) is 0 Å². The maximum Gasteiger partial charge on any atom is 0.220 e. The highest BCUT2D eigenvalue weighted by atomic mass is 16.8. The quantitative estimate of drug-likeness (QED) is 0.0202. The van der Waals surface area contributed by atoms with E-state index in [9.17, 15) is 61.0 Å². The van der Waals surface area contributed by atoms with Crippen LogP contribution in [0.15, 0.2) is 97.2 Å². The van der Waals surface area contributed by atoms with Gasteiger partial charge >= 0.3 is 0 Å². The second kappa shape index (κ2) is 50.3. The molecule has 3 aliphatic heterocycles. The van der Waals surface area contributed by atoms with E-state index in [1.807, 2.05) is 0 Å². The van der Waals surface area contributed by atoms with E-state index in [0.717, 1.165) is 83.5 Å². The molecule has 3 heterocycles. The Labute approximate surface area is 526 Å². The molecule has 0 aliphatic carbocycles. The molecule has 88 heavy (non-hydrogen) atoms. The minimum Gasteiger partial charge on any atom is -0.394 e. The summed E-state index contributed by atoms with van der Waals surface area (Å²) in [5.41, 5.74) is 0. The number of amides is 1. The predicted molar refractivity (Wildman–Crippen MR) is 341 cm³/mol. The number of ether oxygens (including phenoxy) is 6. The third-order valence-corrected chi connectivity index (χ3v) is 16.2. The van der Waals surface area contributed by atoms with E-state index in [-0.39, 0.29) is 18.9 Å². The van der Waals surface area contributed by atoms with Gasteiger partial charge in [0.25, 0.3) is 0 Å². The molecule has 17 atom stereocenters. The van der Waals surface area contributed by atoms with Crippen molar-refractivity contribution in [2.45, 2.75) is 304 Å². The lowest BCUT2D eigenvalue weighted by molar-refractivity contribution is -0.379. The van der Waals surface area contributed by atoms with E-state index in [2.05, 4.69) is 116 Å². The number of carbonyl (C=O) groups is 1. The lowest BCUT2D eigenvalue weighted by Gasteiger charge is -2.48. The molecular formula is C69H117NO18. The standard InChI is InChI=1S/C69H117NO18/c1-3-5-7-9-11-13-15-17-19-21-22-23-24-25-26-27-28-29-30-31-33-35-37-39-41-43-45-47-57(75)70-52(53(74)46-44-42-40-38-36-34-32-20-18-16-14-12-10-8-6-4-2)51-83-67-63(81)60(78)65(55(49-72)85-67)88-69-64(82)61(79)66(56(50-73)86-69)87-68-62(80)59(77)58(76)54(48-71)84-68/h5,7,11,13,17,19,22-23,25-26,28-29,31,33,37,39,52-56,58-69,71-74,76-82H,3-4,6,8-10,12,14-16,18,20-21,24,27,30,32,34-36,38,40-51H2,1-2H3,(H,70,75)/b7-5-,13-11-,19-17-,23-22-,26-25-,29-28-,33-31-,39-37-. The first kappa shape index (κ1) is 78.9. The Morgan fingerprint density at radius 1 is 0.420 bits per heavy atom. The SMILES string of the molecule is CC/C=C\C/C=C\C/C=C\C/C=C\C/C=C\C/C=C\C/C=C\C/C=C\CCCCC(=O)NC(COC1OC(CO)C(OC2OC(CO)C(OC3OC(CO)C(O)C(O)C3O)C(O)C2O)C(O)C1O)C(O)CCCCCCCCCCCCCCCCCC. The Balaban J connectivity index is 1.46. The molecule has 19 nitrogen and oxygen atoms in total. The summed E-state index contributed by atoms with van der Waals surface area (Å²) in [6.07, 6.45) is 37.7. The highest BCUT2D eigenvalue weighted by Gasteiger charge is 2.53. The van der Waals surface area contributed by atoms with Crippen molar-refractivity contribution in [1.82, 2.24) is 5.32 Å². The number of aliphatic hydroxyl groups excluding tert-OH is 11. The number of hydrogen-bond acceptors (Lipinski definition) is 18. The summed E-state index contributed by atoms with van der Waals surface area (Å²) >= 11 is 0. The van der Waals surface area contributed by atoms with E-state index in [0.29, 0.717) is 19.3 Å². The van der Waals surface area contributed by atoms with Crippen molar-refractivity contribution in [2.75, 3.05) is 26.4 Å². The summed E-state index contributed by atoms with van der Waals surface area (Å²) in [7, 11) is 0. The Morgan fingerprint density at radius 2 is 0.784 bits per heavy atom. The first-order valence-electron chi connectivity index (χ1n) is 33.5. The number of hydrogen-bond donors (Lipinski definition) is 12. The van der Waals surface area contributed by atoms with Gasteiger partial charge in [-0.25, -0.2) is 0 Å². The fourth-order valence-corrected chi connectivity index (χ4v) is 10.7. The van der Waals surface area contributed by atoms with Crippen molar-refractivity contribution >= 4 is 5.91 Å². The average molecular weight is 1250 g/mol.